The van der Waals surface area contributed by atoms with Gasteiger partial charge in [-0.25, -0.2) is 22.2 Å². The SMILES string of the molecule is Cn1cc(-c2cc(CS(C)(=O)=O)cnc2Oc2c(F)cc(F)cc2CCCCO)c(O)cc1=O. The zero-order valence-electron chi connectivity index (χ0n) is 18.6. The van der Waals surface area contributed by atoms with Gasteiger partial charge in [-0.15, -0.1) is 0 Å². The molecule has 2 heterocycles. The number of halogens is 2. The molecular weight excluding hydrogens is 470 g/mol. The molecule has 34 heavy (non-hydrogen) atoms. The zero-order valence-corrected chi connectivity index (χ0v) is 19.4. The van der Waals surface area contributed by atoms with Gasteiger partial charge >= 0.3 is 0 Å². The largest absolute Gasteiger partial charge is 0.507 e. The quantitative estimate of drug-likeness (QED) is 0.439. The molecule has 0 saturated heterocycles. The van der Waals surface area contributed by atoms with Crippen LogP contribution in [0.4, 0.5) is 8.78 Å². The Hall–Kier alpha value is -3.31. The van der Waals surface area contributed by atoms with Crippen LogP contribution < -0.4 is 10.3 Å². The van der Waals surface area contributed by atoms with E-state index in [1.54, 1.807) is 0 Å². The summed E-state index contributed by atoms with van der Waals surface area (Å²) in [5, 5.41) is 19.4. The summed E-state index contributed by atoms with van der Waals surface area (Å²) in [4.78, 5) is 16.0. The molecule has 8 nitrogen and oxygen atoms in total. The number of aromatic nitrogens is 2. The van der Waals surface area contributed by atoms with Crippen LogP contribution in [0.25, 0.3) is 11.1 Å². The van der Waals surface area contributed by atoms with E-state index in [0.717, 1.165) is 18.4 Å². The Labute approximate surface area is 195 Å². The second-order valence-corrected chi connectivity index (χ2v) is 10.1. The summed E-state index contributed by atoms with van der Waals surface area (Å²) in [6.07, 6.45) is 4.70. The van der Waals surface area contributed by atoms with Crippen molar-refractivity contribution < 1.29 is 32.1 Å². The lowest BCUT2D eigenvalue weighted by molar-refractivity contribution is 0.284. The number of benzene rings is 1. The smallest absolute Gasteiger partial charge is 0.254 e. The predicted octanol–water partition coefficient (Wildman–Crippen LogP) is 3.08. The summed E-state index contributed by atoms with van der Waals surface area (Å²) < 4.78 is 59.1. The van der Waals surface area contributed by atoms with Gasteiger partial charge in [-0.1, -0.05) is 0 Å². The molecule has 0 amide bonds. The molecule has 1 aromatic carbocycles. The van der Waals surface area contributed by atoms with E-state index >= 15 is 0 Å². The lowest BCUT2D eigenvalue weighted by Crippen LogP contribution is -2.14. The fraction of sp³-hybridized carbons (Fsp3) is 0.304. The third kappa shape index (κ3) is 6.17. The number of rotatable bonds is 9. The topological polar surface area (TPSA) is 119 Å². The van der Waals surface area contributed by atoms with Crippen LogP contribution in [0.5, 0.6) is 17.4 Å². The van der Waals surface area contributed by atoms with Crippen LogP contribution in [0.2, 0.25) is 0 Å². The number of aromatic hydroxyl groups is 1. The molecule has 0 bridgehead atoms. The number of unbranched alkanes of at least 4 members (excludes halogenated alkanes) is 1. The Bertz CT molecular complexity index is 1370. The third-order valence-electron chi connectivity index (χ3n) is 4.97. The summed E-state index contributed by atoms with van der Waals surface area (Å²) in [5.41, 5.74) is 0.216. The minimum absolute atomic E-state index is 0.0759. The first-order valence-corrected chi connectivity index (χ1v) is 12.4. The number of hydrogen-bond acceptors (Lipinski definition) is 7. The molecule has 0 aliphatic carbocycles. The normalized spacial score (nSPS) is 11.6. The van der Waals surface area contributed by atoms with Gasteiger partial charge in [0.25, 0.3) is 5.56 Å². The molecule has 0 aliphatic heterocycles. The second kappa shape index (κ2) is 10.3. The van der Waals surface area contributed by atoms with E-state index in [1.165, 1.54) is 30.1 Å². The summed E-state index contributed by atoms with van der Waals surface area (Å²) in [5.74, 6) is -2.99. The molecule has 11 heteroatoms. The number of aryl methyl sites for hydroxylation is 2. The molecule has 0 aliphatic rings. The van der Waals surface area contributed by atoms with Crippen molar-refractivity contribution in [2.75, 3.05) is 12.9 Å². The average molecular weight is 495 g/mol. The second-order valence-electron chi connectivity index (χ2n) is 7.95. The van der Waals surface area contributed by atoms with Gasteiger partial charge in [0.05, 0.1) is 5.75 Å². The van der Waals surface area contributed by atoms with Gasteiger partial charge in [-0.3, -0.25) is 4.79 Å². The molecule has 3 rings (SSSR count). The maximum atomic E-state index is 14.7. The van der Waals surface area contributed by atoms with Crippen molar-refractivity contribution in [3.8, 4) is 28.5 Å². The maximum absolute atomic E-state index is 14.7. The van der Waals surface area contributed by atoms with E-state index < -0.39 is 32.8 Å². The Balaban J connectivity index is 2.16. The molecule has 0 radical (unpaired) electrons. The molecule has 0 atom stereocenters. The minimum Gasteiger partial charge on any atom is -0.507 e. The van der Waals surface area contributed by atoms with E-state index in [2.05, 4.69) is 4.98 Å². The predicted molar refractivity (Wildman–Crippen MR) is 122 cm³/mol. The lowest BCUT2D eigenvalue weighted by Gasteiger charge is -2.16. The van der Waals surface area contributed by atoms with Gasteiger partial charge in [-0.2, -0.15) is 0 Å². The van der Waals surface area contributed by atoms with Crippen molar-refractivity contribution in [2.24, 2.45) is 7.05 Å². The lowest BCUT2D eigenvalue weighted by atomic mass is 10.1. The molecule has 0 unspecified atom stereocenters. The van der Waals surface area contributed by atoms with Crippen molar-refractivity contribution in [1.82, 2.24) is 9.55 Å². The van der Waals surface area contributed by atoms with Crippen molar-refractivity contribution >= 4 is 9.84 Å². The average Bonchev–Trinajstić information content (AvgIpc) is 2.73. The molecule has 2 aromatic heterocycles. The highest BCUT2D eigenvalue weighted by Crippen LogP contribution is 2.38. The first kappa shape index (κ1) is 25.3. The number of pyridine rings is 2. The fourth-order valence-corrected chi connectivity index (χ4v) is 4.18. The molecule has 182 valence electrons. The zero-order chi connectivity index (χ0) is 25.0. The number of ether oxygens (including phenoxy) is 1. The Morgan fingerprint density at radius 3 is 2.53 bits per heavy atom. The van der Waals surface area contributed by atoms with E-state index in [4.69, 9.17) is 9.84 Å². The standard InChI is InChI=1S/C23H24F2N2O6S/c1-27-12-18(20(29)10-21(27)30)17-7-14(13-34(2,31)32)11-26-23(17)33-22-15(5-3-4-6-28)8-16(24)9-19(22)25/h7-12,28-29H,3-6,13H2,1-2H3. The summed E-state index contributed by atoms with van der Waals surface area (Å²) in [6, 6.07) is 4.17. The van der Waals surface area contributed by atoms with Crippen molar-refractivity contribution in [2.45, 2.75) is 25.0 Å². The van der Waals surface area contributed by atoms with Crippen LogP contribution in [-0.4, -0.2) is 41.0 Å². The van der Waals surface area contributed by atoms with Gasteiger partial charge in [0, 0.05) is 61.1 Å². The molecule has 2 N–H and O–H groups in total. The van der Waals surface area contributed by atoms with Crippen molar-refractivity contribution in [1.29, 1.82) is 0 Å². The minimum atomic E-state index is -3.42. The molecule has 0 fully saturated rings. The fourth-order valence-electron chi connectivity index (χ4n) is 3.42. The highest BCUT2D eigenvalue weighted by molar-refractivity contribution is 7.89. The molecule has 0 saturated carbocycles. The van der Waals surface area contributed by atoms with E-state index in [0.29, 0.717) is 18.9 Å². The van der Waals surface area contributed by atoms with Gasteiger partial charge < -0.3 is 19.5 Å². The van der Waals surface area contributed by atoms with E-state index in [-0.39, 0.29) is 52.7 Å². The monoisotopic (exact) mass is 494 g/mol. The molecule has 0 spiro atoms. The van der Waals surface area contributed by atoms with Crippen LogP contribution in [0, 0.1) is 11.6 Å². The molecule has 3 aromatic rings. The molecular formula is C23H24F2N2O6S. The van der Waals surface area contributed by atoms with Crippen LogP contribution in [0.15, 0.2) is 41.5 Å². The van der Waals surface area contributed by atoms with E-state index in [1.807, 2.05) is 0 Å². The number of hydrogen-bond donors (Lipinski definition) is 2. The summed E-state index contributed by atoms with van der Waals surface area (Å²) in [6.45, 7) is -0.0759. The van der Waals surface area contributed by atoms with Gasteiger partial charge in [0.1, 0.15) is 11.6 Å². The Morgan fingerprint density at radius 1 is 1.12 bits per heavy atom. The highest BCUT2D eigenvalue weighted by Gasteiger charge is 2.20. The van der Waals surface area contributed by atoms with Crippen LogP contribution in [-0.2, 0) is 29.1 Å². The third-order valence-corrected chi connectivity index (χ3v) is 5.83. The van der Waals surface area contributed by atoms with Crippen LogP contribution >= 0.6 is 0 Å². The number of aliphatic hydroxyl groups is 1. The van der Waals surface area contributed by atoms with Gasteiger partial charge in [0.15, 0.2) is 21.4 Å². The van der Waals surface area contributed by atoms with Gasteiger partial charge in [-0.05, 0) is 37.0 Å². The number of aliphatic hydroxyl groups excluding tert-OH is 1. The van der Waals surface area contributed by atoms with E-state index in [9.17, 15) is 27.1 Å². The van der Waals surface area contributed by atoms with Crippen LogP contribution in [0.1, 0.15) is 24.0 Å². The number of nitrogens with zero attached hydrogens (tertiary/aromatic N) is 2. The summed E-state index contributed by atoms with van der Waals surface area (Å²) in [7, 11) is -1.97. The maximum Gasteiger partial charge on any atom is 0.254 e. The van der Waals surface area contributed by atoms with Crippen molar-refractivity contribution in [3.63, 3.8) is 0 Å². The first-order valence-electron chi connectivity index (χ1n) is 10.3. The van der Waals surface area contributed by atoms with Crippen LogP contribution in [0.3, 0.4) is 0 Å². The first-order chi connectivity index (χ1) is 16.0. The summed E-state index contributed by atoms with van der Waals surface area (Å²) >= 11 is 0. The highest BCUT2D eigenvalue weighted by atomic mass is 32.2. The van der Waals surface area contributed by atoms with Crippen molar-refractivity contribution in [3.05, 3.63) is 69.8 Å². The Morgan fingerprint density at radius 2 is 1.85 bits per heavy atom. The number of sulfone groups is 1. The van der Waals surface area contributed by atoms with Gasteiger partial charge in [0.2, 0.25) is 5.88 Å². The Kier molecular flexibility index (Phi) is 7.68.